The number of fused-ring (bicyclic) bond motifs is 1. The van der Waals surface area contributed by atoms with Gasteiger partial charge in [0.25, 0.3) is 0 Å². The van der Waals surface area contributed by atoms with Gasteiger partial charge in [-0.25, -0.2) is 4.79 Å². The number of carbonyl (C=O) groups is 1. The molecule has 0 unspecified atom stereocenters. The molecule has 2 heterocycles. The van der Waals surface area contributed by atoms with Gasteiger partial charge in [0.05, 0.1) is 5.56 Å². The SMILES string of the molecule is CC(F)(F)c1nnc2cc(C(=O)O)c(-c3ccc(OC(F)(F)F)cc3)nn12. The van der Waals surface area contributed by atoms with Crippen LogP contribution in [0.5, 0.6) is 5.75 Å². The number of carboxylic acids is 1. The van der Waals surface area contributed by atoms with Gasteiger partial charge in [-0.1, -0.05) is 0 Å². The number of aromatic carboxylic acids is 1. The van der Waals surface area contributed by atoms with E-state index < -0.39 is 29.8 Å². The van der Waals surface area contributed by atoms with Crippen LogP contribution in [0.1, 0.15) is 23.1 Å². The average molecular weight is 388 g/mol. The maximum Gasteiger partial charge on any atom is 0.573 e. The van der Waals surface area contributed by atoms with Crippen LogP contribution >= 0.6 is 0 Å². The zero-order chi connectivity index (χ0) is 20.0. The van der Waals surface area contributed by atoms with Crippen LogP contribution in [0.3, 0.4) is 0 Å². The Morgan fingerprint density at radius 2 is 1.74 bits per heavy atom. The summed E-state index contributed by atoms with van der Waals surface area (Å²) in [7, 11) is 0. The molecule has 2 aromatic heterocycles. The third-order valence-electron chi connectivity index (χ3n) is 3.38. The number of hydrogen-bond acceptors (Lipinski definition) is 5. The van der Waals surface area contributed by atoms with Gasteiger partial charge in [0.1, 0.15) is 11.4 Å². The quantitative estimate of drug-likeness (QED) is 0.688. The first-order chi connectivity index (χ1) is 12.5. The van der Waals surface area contributed by atoms with Crippen LogP contribution in [0.25, 0.3) is 16.9 Å². The number of alkyl halides is 5. The molecular formula is C15H9F5N4O3. The molecule has 3 rings (SSSR count). The van der Waals surface area contributed by atoms with E-state index in [4.69, 9.17) is 0 Å². The molecule has 1 aromatic carbocycles. The van der Waals surface area contributed by atoms with Crippen molar-refractivity contribution in [2.75, 3.05) is 0 Å². The number of ether oxygens (including phenoxy) is 1. The molecule has 0 saturated carbocycles. The highest BCUT2D eigenvalue weighted by atomic mass is 19.4. The summed E-state index contributed by atoms with van der Waals surface area (Å²) in [5, 5.41) is 20.0. The molecule has 0 amide bonds. The Hall–Kier alpha value is -3.31. The van der Waals surface area contributed by atoms with Gasteiger partial charge in [-0.15, -0.1) is 23.4 Å². The van der Waals surface area contributed by atoms with E-state index in [2.05, 4.69) is 20.0 Å². The van der Waals surface area contributed by atoms with Crippen molar-refractivity contribution in [1.82, 2.24) is 19.8 Å². The Balaban J connectivity index is 2.14. The highest BCUT2D eigenvalue weighted by Crippen LogP contribution is 2.30. The zero-order valence-electron chi connectivity index (χ0n) is 13.3. The fourth-order valence-corrected chi connectivity index (χ4v) is 2.30. The molecule has 0 aliphatic carbocycles. The van der Waals surface area contributed by atoms with Crippen LogP contribution in [0.15, 0.2) is 30.3 Å². The second-order valence-electron chi connectivity index (χ2n) is 5.47. The van der Waals surface area contributed by atoms with E-state index in [1.54, 1.807) is 0 Å². The maximum atomic E-state index is 13.6. The van der Waals surface area contributed by atoms with Gasteiger partial charge in [-0.2, -0.15) is 18.4 Å². The van der Waals surface area contributed by atoms with Gasteiger partial charge in [0.2, 0.25) is 5.82 Å². The Morgan fingerprint density at radius 3 is 2.26 bits per heavy atom. The summed E-state index contributed by atoms with van der Waals surface area (Å²) < 4.78 is 68.3. The molecule has 0 radical (unpaired) electrons. The molecule has 142 valence electrons. The standard InChI is InChI=1S/C15H9F5N4O3/c1-14(16,17)13-22-21-10-6-9(12(25)26)11(23-24(10)13)7-2-4-8(5-3-7)27-15(18,19)20/h2-6H,1H3,(H,25,26). The monoisotopic (exact) mass is 388 g/mol. The maximum absolute atomic E-state index is 13.6. The number of aromatic nitrogens is 4. The first kappa shape index (κ1) is 18.5. The Kier molecular flexibility index (Phi) is 4.20. The van der Waals surface area contributed by atoms with Gasteiger partial charge in [0, 0.05) is 18.6 Å². The van der Waals surface area contributed by atoms with Crippen LogP contribution < -0.4 is 4.74 Å². The summed E-state index contributed by atoms with van der Waals surface area (Å²) in [4.78, 5) is 11.5. The molecule has 12 heteroatoms. The third-order valence-corrected chi connectivity index (χ3v) is 3.38. The van der Waals surface area contributed by atoms with E-state index in [1.807, 2.05) is 0 Å². The number of carboxylic acid groups (broad SMARTS) is 1. The molecule has 0 bridgehead atoms. The fourth-order valence-electron chi connectivity index (χ4n) is 2.30. The van der Waals surface area contributed by atoms with E-state index in [1.165, 1.54) is 0 Å². The van der Waals surface area contributed by atoms with E-state index >= 15 is 0 Å². The van der Waals surface area contributed by atoms with Crippen LogP contribution in [0.2, 0.25) is 0 Å². The largest absolute Gasteiger partial charge is 0.573 e. The van der Waals surface area contributed by atoms with E-state index in [0.29, 0.717) is 11.4 Å². The van der Waals surface area contributed by atoms with E-state index in [-0.39, 0.29) is 22.5 Å². The average Bonchev–Trinajstić information content (AvgIpc) is 2.96. The smallest absolute Gasteiger partial charge is 0.478 e. The zero-order valence-corrected chi connectivity index (χ0v) is 13.3. The summed E-state index contributed by atoms with van der Waals surface area (Å²) in [6, 6.07) is 5.13. The van der Waals surface area contributed by atoms with Crippen molar-refractivity contribution in [2.45, 2.75) is 19.2 Å². The fraction of sp³-hybridized carbons (Fsp3) is 0.200. The summed E-state index contributed by atoms with van der Waals surface area (Å²) >= 11 is 0. The minimum absolute atomic E-state index is 0.0721. The van der Waals surface area contributed by atoms with Gasteiger partial charge in [0.15, 0.2) is 5.65 Å². The molecule has 7 nitrogen and oxygen atoms in total. The Bertz CT molecular complexity index is 1010. The topological polar surface area (TPSA) is 89.6 Å². The van der Waals surface area contributed by atoms with Crippen molar-refractivity contribution in [3.05, 3.63) is 41.7 Å². The van der Waals surface area contributed by atoms with E-state index in [0.717, 1.165) is 30.3 Å². The highest BCUT2D eigenvalue weighted by molar-refractivity contribution is 5.95. The molecule has 0 aliphatic heterocycles. The summed E-state index contributed by atoms with van der Waals surface area (Å²) in [6.07, 6.45) is -4.89. The molecular weight excluding hydrogens is 379 g/mol. The van der Waals surface area contributed by atoms with Crippen molar-refractivity contribution >= 4 is 11.6 Å². The number of halogens is 5. The van der Waals surface area contributed by atoms with Crippen molar-refractivity contribution in [3.8, 4) is 17.0 Å². The molecule has 0 saturated heterocycles. The Labute approximate surface area is 147 Å². The van der Waals surface area contributed by atoms with Crippen molar-refractivity contribution in [2.24, 2.45) is 0 Å². The number of rotatable bonds is 4. The molecule has 0 atom stereocenters. The lowest BCUT2D eigenvalue weighted by atomic mass is 10.1. The number of nitrogens with zero attached hydrogens (tertiary/aromatic N) is 4. The molecule has 0 aliphatic rings. The van der Waals surface area contributed by atoms with Crippen LogP contribution in [-0.4, -0.2) is 37.2 Å². The lowest BCUT2D eigenvalue weighted by molar-refractivity contribution is -0.274. The van der Waals surface area contributed by atoms with Gasteiger partial charge in [-0.3, -0.25) is 0 Å². The minimum atomic E-state index is -4.89. The number of benzene rings is 1. The molecule has 1 N–H and O–H groups in total. The lowest BCUT2D eigenvalue weighted by Gasteiger charge is -2.11. The third kappa shape index (κ3) is 3.78. The molecule has 0 spiro atoms. The molecule has 3 aromatic rings. The first-order valence-electron chi connectivity index (χ1n) is 7.20. The van der Waals surface area contributed by atoms with E-state index in [9.17, 15) is 31.9 Å². The predicted octanol–water partition coefficient (Wildman–Crippen LogP) is 3.50. The van der Waals surface area contributed by atoms with Gasteiger partial charge >= 0.3 is 18.3 Å². The summed E-state index contributed by atoms with van der Waals surface area (Å²) in [6.45, 7) is 0.569. The second kappa shape index (κ2) is 6.14. The molecule has 0 fully saturated rings. The summed E-state index contributed by atoms with van der Waals surface area (Å²) in [5.41, 5.74) is -0.781. The predicted molar refractivity (Wildman–Crippen MR) is 79.4 cm³/mol. The lowest BCUT2D eigenvalue weighted by Crippen LogP contribution is -2.17. The van der Waals surface area contributed by atoms with Crippen LogP contribution in [-0.2, 0) is 5.92 Å². The first-order valence-corrected chi connectivity index (χ1v) is 7.20. The van der Waals surface area contributed by atoms with Crippen molar-refractivity contribution in [1.29, 1.82) is 0 Å². The van der Waals surface area contributed by atoms with Crippen molar-refractivity contribution < 1.29 is 36.6 Å². The normalized spacial score (nSPS) is 12.4. The summed E-state index contributed by atoms with van der Waals surface area (Å²) in [5.74, 6) is -6.18. The second-order valence-corrected chi connectivity index (χ2v) is 5.47. The molecule has 27 heavy (non-hydrogen) atoms. The Morgan fingerprint density at radius 1 is 1.11 bits per heavy atom. The van der Waals surface area contributed by atoms with Crippen molar-refractivity contribution in [3.63, 3.8) is 0 Å². The number of hydrogen-bond donors (Lipinski definition) is 1. The highest BCUT2D eigenvalue weighted by Gasteiger charge is 2.33. The van der Waals surface area contributed by atoms with Gasteiger partial charge in [-0.05, 0) is 24.3 Å². The van der Waals surface area contributed by atoms with Crippen LogP contribution in [0.4, 0.5) is 22.0 Å². The van der Waals surface area contributed by atoms with Gasteiger partial charge < -0.3 is 9.84 Å². The minimum Gasteiger partial charge on any atom is -0.478 e. The van der Waals surface area contributed by atoms with Crippen LogP contribution in [0, 0.1) is 0 Å².